The van der Waals surface area contributed by atoms with Crippen molar-refractivity contribution >= 4 is 28.4 Å². The van der Waals surface area contributed by atoms with Gasteiger partial charge in [0.1, 0.15) is 10.6 Å². The van der Waals surface area contributed by atoms with Gasteiger partial charge in [0.05, 0.1) is 5.69 Å². The van der Waals surface area contributed by atoms with Gasteiger partial charge in [0.25, 0.3) is 0 Å². The van der Waals surface area contributed by atoms with Gasteiger partial charge >= 0.3 is 5.97 Å². The van der Waals surface area contributed by atoms with E-state index in [1.807, 2.05) is 30.3 Å². The fraction of sp³-hybridized carbons (Fsp3) is 0.214. The molecule has 1 amide bonds. The van der Waals surface area contributed by atoms with Gasteiger partial charge in [-0.05, 0) is 30.4 Å². The number of rotatable bonds is 5. The largest absolute Gasteiger partial charge is 0.478 e. The summed E-state index contributed by atoms with van der Waals surface area (Å²) >= 11 is 0.992. The first kappa shape index (κ1) is 14.2. The van der Waals surface area contributed by atoms with Crippen molar-refractivity contribution in [1.29, 1.82) is 0 Å². The third-order valence-corrected chi connectivity index (χ3v) is 3.67. The van der Waals surface area contributed by atoms with Crippen LogP contribution in [0.4, 0.5) is 5.00 Å². The van der Waals surface area contributed by atoms with Gasteiger partial charge < -0.3 is 10.4 Å². The predicted octanol–water partition coefficient (Wildman–Crippen LogP) is 2.72. The van der Waals surface area contributed by atoms with E-state index < -0.39 is 5.97 Å². The van der Waals surface area contributed by atoms with E-state index in [1.54, 1.807) is 6.92 Å². The Morgan fingerprint density at radius 3 is 2.65 bits per heavy atom. The van der Waals surface area contributed by atoms with Crippen molar-refractivity contribution in [1.82, 2.24) is 4.37 Å². The molecule has 6 heteroatoms. The van der Waals surface area contributed by atoms with E-state index in [9.17, 15) is 9.59 Å². The van der Waals surface area contributed by atoms with Gasteiger partial charge in [-0.15, -0.1) is 0 Å². The average Bonchev–Trinajstić information content (AvgIpc) is 2.78. The van der Waals surface area contributed by atoms with Crippen LogP contribution in [0.15, 0.2) is 30.3 Å². The molecule has 0 aliphatic heterocycles. The fourth-order valence-electron chi connectivity index (χ4n) is 1.80. The highest BCUT2D eigenvalue weighted by Crippen LogP contribution is 2.24. The number of carboxylic acids is 1. The molecule has 2 aromatic rings. The van der Waals surface area contributed by atoms with Crippen LogP contribution in [0.1, 0.15) is 28.0 Å². The molecule has 0 radical (unpaired) electrons. The second kappa shape index (κ2) is 6.29. The van der Waals surface area contributed by atoms with Crippen molar-refractivity contribution in [2.75, 3.05) is 5.32 Å². The molecule has 0 fully saturated rings. The Bertz CT molecular complexity index is 623. The molecule has 1 aromatic heterocycles. The summed E-state index contributed by atoms with van der Waals surface area (Å²) in [6, 6.07) is 9.66. The molecule has 0 unspecified atom stereocenters. The number of aromatic carboxylic acids is 1. The zero-order chi connectivity index (χ0) is 14.5. The lowest BCUT2D eigenvalue weighted by atomic mass is 10.1. The fourth-order valence-corrected chi connectivity index (χ4v) is 2.60. The summed E-state index contributed by atoms with van der Waals surface area (Å²) in [5.41, 5.74) is 1.56. The van der Waals surface area contributed by atoms with Crippen LogP contribution < -0.4 is 5.32 Å². The molecule has 0 bridgehead atoms. The van der Waals surface area contributed by atoms with E-state index in [0.717, 1.165) is 17.1 Å². The maximum absolute atomic E-state index is 11.8. The normalized spacial score (nSPS) is 10.2. The number of aryl methyl sites for hydroxylation is 2. The number of amides is 1. The third-order valence-electron chi connectivity index (χ3n) is 2.81. The molecule has 0 spiro atoms. The van der Waals surface area contributed by atoms with Crippen molar-refractivity contribution < 1.29 is 14.7 Å². The van der Waals surface area contributed by atoms with Gasteiger partial charge in [0, 0.05) is 6.42 Å². The Morgan fingerprint density at radius 2 is 2.00 bits per heavy atom. The van der Waals surface area contributed by atoms with Gasteiger partial charge in [0.2, 0.25) is 5.91 Å². The van der Waals surface area contributed by atoms with E-state index in [2.05, 4.69) is 9.69 Å². The van der Waals surface area contributed by atoms with E-state index in [1.165, 1.54) is 0 Å². The SMILES string of the molecule is Cc1nsc(NC(=O)CCc2ccccc2)c1C(=O)O. The van der Waals surface area contributed by atoms with Crippen LogP contribution in [0, 0.1) is 6.92 Å². The van der Waals surface area contributed by atoms with Crippen LogP contribution >= 0.6 is 11.5 Å². The first-order valence-corrected chi connectivity index (χ1v) is 6.88. The zero-order valence-corrected chi connectivity index (χ0v) is 11.7. The van der Waals surface area contributed by atoms with Gasteiger partial charge in [-0.2, -0.15) is 4.37 Å². The van der Waals surface area contributed by atoms with Gasteiger partial charge in [-0.1, -0.05) is 30.3 Å². The summed E-state index contributed by atoms with van der Waals surface area (Å²) in [5.74, 6) is -1.28. The lowest BCUT2D eigenvalue weighted by Gasteiger charge is -2.04. The lowest BCUT2D eigenvalue weighted by molar-refractivity contribution is -0.116. The summed E-state index contributed by atoms with van der Waals surface area (Å²) < 4.78 is 3.96. The molecule has 0 atom stereocenters. The second-order valence-electron chi connectivity index (χ2n) is 4.31. The molecule has 2 N–H and O–H groups in total. The standard InChI is InChI=1S/C14H14N2O3S/c1-9-12(14(18)19)13(20-16-9)15-11(17)8-7-10-5-3-2-4-6-10/h2-6H,7-8H2,1H3,(H,15,17)(H,18,19). The monoisotopic (exact) mass is 290 g/mol. The first-order chi connectivity index (χ1) is 9.58. The summed E-state index contributed by atoms with van der Waals surface area (Å²) in [6.45, 7) is 1.61. The number of carbonyl (C=O) groups is 2. The van der Waals surface area contributed by atoms with Crippen molar-refractivity contribution in [2.24, 2.45) is 0 Å². The molecule has 1 aromatic carbocycles. The number of nitrogens with one attached hydrogen (secondary N) is 1. The Hall–Kier alpha value is -2.21. The molecular formula is C14H14N2O3S. The maximum Gasteiger partial charge on any atom is 0.340 e. The van der Waals surface area contributed by atoms with E-state index in [-0.39, 0.29) is 11.5 Å². The summed E-state index contributed by atoms with van der Waals surface area (Å²) in [6.07, 6.45) is 0.923. The molecule has 104 valence electrons. The number of anilines is 1. The number of aromatic nitrogens is 1. The van der Waals surface area contributed by atoms with Crippen LogP contribution in [0.3, 0.4) is 0 Å². The van der Waals surface area contributed by atoms with Gasteiger partial charge in [-0.3, -0.25) is 4.79 Å². The summed E-state index contributed by atoms with van der Waals surface area (Å²) in [7, 11) is 0. The number of hydrogen-bond acceptors (Lipinski definition) is 4. The van der Waals surface area contributed by atoms with Crippen molar-refractivity contribution in [2.45, 2.75) is 19.8 Å². The number of benzene rings is 1. The van der Waals surface area contributed by atoms with E-state index in [4.69, 9.17) is 5.11 Å². The van der Waals surface area contributed by atoms with Crippen LogP contribution in [0.2, 0.25) is 0 Å². The van der Waals surface area contributed by atoms with Crippen LogP contribution in [0.25, 0.3) is 0 Å². The molecule has 1 heterocycles. The summed E-state index contributed by atoms with van der Waals surface area (Å²) in [4.78, 5) is 22.9. The number of carbonyl (C=O) groups excluding carboxylic acids is 1. The smallest absolute Gasteiger partial charge is 0.340 e. The quantitative estimate of drug-likeness (QED) is 0.887. The third kappa shape index (κ3) is 3.42. The minimum atomic E-state index is -1.07. The number of nitrogens with zero attached hydrogens (tertiary/aromatic N) is 1. The minimum Gasteiger partial charge on any atom is -0.478 e. The van der Waals surface area contributed by atoms with Crippen LogP contribution in [-0.2, 0) is 11.2 Å². The molecule has 5 nitrogen and oxygen atoms in total. The average molecular weight is 290 g/mol. The summed E-state index contributed by atoms with van der Waals surface area (Å²) in [5, 5.41) is 12.0. The zero-order valence-electron chi connectivity index (χ0n) is 10.9. The van der Waals surface area contributed by atoms with E-state index in [0.29, 0.717) is 23.5 Å². The maximum atomic E-state index is 11.8. The minimum absolute atomic E-state index is 0.0723. The topological polar surface area (TPSA) is 79.3 Å². The molecule has 0 saturated carbocycles. The van der Waals surface area contributed by atoms with Gasteiger partial charge in [-0.25, -0.2) is 4.79 Å². The molecule has 0 saturated heterocycles. The van der Waals surface area contributed by atoms with Crippen molar-refractivity contribution in [3.05, 3.63) is 47.2 Å². The predicted molar refractivity (Wildman–Crippen MR) is 77.2 cm³/mol. The van der Waals surface area contributed by atoms with E-state index >= 15 is 0 Å². The molecule has 0 aliphatic carbocycles. The second-order valence-corrected chi connectivity index (χ2v) is 5.08. The number of carboxylic acid groups (broad SMARTS) is 1. The number of hydrogen-bond donors (Lipinski definition) is 2. The Kier molecular flexibility index (Phi) is 4.47. The van der Waals surface area contributed by atoms with Crippen molar-refractivity contribution in [3.8, 4) is 0 Å². The highest BCUT2D eigenvalue weighted by molar-refractivity contribution is 7.11. The Balaban J connectivity index is 1.97. The molecule has 2 rings (SSSR count). The van der Waals surface area contributed by atoms with Crippen LogP contribution in [-0.4, -0.2) is 21.4 Å². The first-order valence-electron chi connectivity index (χ1n) is 6.11. The molecular weight excluding hydrogens is 276 g/mol. The van der Waals surface area contributed by atoms with Crippen LogP contribution in [0.5, 0.6) is 0 Å². The lowest BCUT2D eigenvalue weighted by Crippen LogP contribution is -2.14. The molecule has 20 heavy (non-hydrogen) atoms. The Labute approximate surface area is 120 Å². The van der Waals surface area contributed by atoms with Crippen molar-refractivity contribution in [3.63, 3.8) is 0 Å². The molecule has 0 aliphatic rings. The van der Waals surface area contributed by atoms with Gasteiger partial charge in [0.15, 0.2) is 0 Å². The Morgan fingerprint density at radius 1 is 1.30 bits per heavy atom. The highest BCUT2D eigenvalue weighted by Gasteiger charge is 2.18. The highest BCUT2D eigenvalue weighted by atomic mass is 32.1.